The van der Waals surface area contributed by atoms with E-state index in [2.05, 4.69) is 37.2 Å². The predicted octanol–water partition coefficient (Wildman–Crippen LogP) is 2.29. The van der Waals surface area contributed by atoms with Crippen molar-refractivity contribution in [1.82, 2.24) is 24.9 Å². The third-order valence-electron chi connectivity index (χ3n) is 1.86. The lowest BCUT2D eigenvalue weighted by molar-refractivity contribution is 0.875. The van der Waals surface area contributed by atoms with Gasteiger partial charge in [-0.05, 0) is 29.8 Å². The van der Waals surface area contributed by atoms with Gasteiger partial charge in [-0.1, -0.05) is 6.92 Å². The number of anilines is 1. The van der Waals surface area contributed by atoms with Gasteiger partial charge in [0.15, 0.2) is 5.16 Å². The summed E-state index contributed by atoms with van der Waals surface area (Å²) in [6, 6.07) is 0. The molecule has 0 atom stereocenters. The fourth-order valence-electron chi connectivity index (χ4n) is 1.13. The Kier molecular flexibility index (Phi) is 4.66. The highest BCUT2D eigenvalue weighted by molar-refractivity contribution is 7.99. The standard InChI is InChI=1S/C10H11ClN6S/c1-2-3-14-9-15-8(11)16-10(17-9)18-7-6-12-4-5-13-7/h4-6H,2-3H2,1H3,(H,14,15,16,17). The first-order chi connectivity index (χ1) is 8.78. The van der Waals surface area contributed by atoms with E-state index < -0.39 is 0 Å². The summed E-state index contributed by atoms with van der Waals surface area (Å²) in [5.74, 6) is 0.475. The number of rotatable bonds is 5. The van der Waals surface area contributed by atoms with Gasteiger partial charge >= 0.3 is 0 Å². The van der Waals surface area contributed by atoms with Crippen LogP contribution in [0.1, 0.15) is 13.3 Å². The number of aromatic nitrogens is 5. The van der Waals surface area contributed by atoms with Crippen molar-refractivity contribution in [2.24, 2.45) is 0 Å². The fraction of sp³-hybridized carbons (Fsp3) is 0.300. The van der Waals surface area contributed by atoms with Crippen LogP contribution >= 0.6 is 23.4 Å². The minimum atomic E-state index is 0.162. The molecule has 0 unspecified atom stereocenters. The van der Waals surface area contributed by atoms with Gasteiger partial charge in [0.05, 0.1) is 6.20 Å². The lowest BCUT2D eigenvalue weighted by Crippen LogP contribution is -2.06. The van der Waals surface area contributed by atoms with E-state index in [0.717, 1.165) is 13.0 Å². The molecule has 0 aromatic carbocycles. The summed E-state index contributed by atoms with van der Waals surface area (Å²) in [7, 11) is 0. The Balaban J connectivity index is 2.15. The van der Waals surface area contributed by atoms with E-state index in [0.29, 0.717) is 16.1 Å². The van der Waals surface area contributed by atoms with E-state index in [1.807, 2.05) is 0 Å². The maximum Gasteiger partial charge on any atom is 0.228 e. The molecule has 0 fully saturated rings. The molecule has 1 N–H and O–H groups in total. The molecular formula is C10H11ClN6S. The first-order valence-electron chi connectivity index (χ1n) is 5.37. The van der Waals surface area contributed by atoms with Gasteiger partial charge in [0, 0.05) is 18.9 Å². The van der Waals surface area contributed by atoms with Gasteiger partial charge in [0.2, 0.25) is 11.2 Å². The van der Waals surface area contributed by atoms with E-state index in [4.69, 9.17) is 11.6 Å². The lowest BCUT2D eigenvalue weighted by atomic mass is 10.5. The summed E-state index contributed by atoms with van der Waals surface area (Å²) in [5.41, 5.74) is 0. The van der Waals surface area contributed by atoms with Gasteiger partial charge in [-0.15, -0.1) is 0 Å². The largest absolute Gasteiger partial charge is 0.354 e. The van der Waals surface area contributed by atoms with Crippen LogP contribution in [-0.4, -0.2) is 31.5 Å². The second kappa shape index (κ2) is 6.46. The van der Waals surface area contributed by atoms with Crippen molar-refractivity contribution < 1.29 is 0 Å². The summed E-state index contributed by atoms with van der Waals surface area (Å²) in [6.45, 7) is 2.85. The molecule has 18 heavy (non-hydrogen) atoms. The lowest BCUT2D eigenvalue weighted by Gasteiger charge is -2.04. The third kappa shape index (κ3) is 3.78. The van der Waals surface area contributed by atoms with Crippen LogP contribution in [0.5, 0.6) is 0 Å². The van der Waals surface area contributed by atoms with E-state index >= 15 is 0 Å². The number of hydrogen-bond donors (Lipinski definition) is 1. The van der Waals surface area contributed by atoms with Crippen LogP contribution in [0.2, 0.25) is 5.28 Å². The van der Waals surface area contributed by atoms with Crippen molar-refractivity contribution in [3.8, 4) is 0 Å². The summed E-state index contributed by atoms with van der Waals surface area (Å²) >= 11 is 7.13. The molecule has 6 nitrogen and oxygen atoms in total. The van der Waals surface area contributed by atoms with E-state index in [9.17, 15) is 0 Å². The van der Waals surface area contributed by atoms with Gasteiger partial charge in [0.1, 0.15) is 5.03 Å². The van der Waals surface area contributed by atoms with Crippen molar-refractivity contribution >= 4 is 29.3 Å². The maximum atomic E-state index is 5.84. The first-order valence-corrected chi connectivity index (χ1v) is 6.56. The molecule has 0 aliphatic rings. The molecule has 94 valence electrons. The molecule has 0 spiro atoms. The molecule has 2 aromatic rings. The van der Waals surface area contributed by atoms with Crippen LogP contribution in [-0.2, 0) is 0 Å². The van der Waals surface area contributed by atoms with E-state index in [-0.39, 0.29) is 5.28 Å². The van der Waals surface area contributed by atoms with Gasteiger partial charge in [-0.3, -0.25) is 4.98 Å². The van der Waals surface area contributed by atoms with Gasteiger partial charge in [0.25, 0.3) is 0 Å². The number of nitrogens with zero attached hydrogens (tertiary/aromatic N) is 5. The molecule has 0 aliphatic heterocycles. The number of nitrogens with one attached hydrogen (secondary N) is 1. The van der Waals surface area contributed by atoms with Crippen LogP contribution in [0.3, 0.4) is 0 Å². The van der Waals surface area contributed by atoms with Crippen molar-refractivity contribution in [2.45, 2.75) is 23.5 Å². The summed E-state index contributed by atoms with van der Waals surface area (Å²) < 4.78 is 0. The zero-order valence-electron chi connectivity index (χ0n) is 9.67. The van der Waals surface area contributed by atoms with Crippen LogP contribution in [0.4, 0.5) is 5.95 Å². The second-order valence-electron chi connectivity index (χ2n) is 3.28. The monoisotopic (exact) mass is 282 g/mol. The molecule has 0 aliphatic carbocycles. The molecule has 2 aromatic heterocycles. The molecule has 0 saturated heterocycles. The molecule has 0 amide bonds. The van der Waals surface area contributed by atoms with Crippen LogP contribution in [0.15, 0.2) is 28.8 Å². The molecule has 0 radical (unpaired) electrons. The Labute approximate surface area is 114 Å². The zero-order chi connectivity index (χ0) is 12.8. The minimum Gasteiger partial charge on any atom is -0.354 e. The fourth-order valence-corrected chi connectivity index (χ4v) is 2.01. The average Bonchev–Trinajstić information content (AvgIpc) is 2.37. The quantitative estimate of drug-likeness (QED) is 0.901. The van der Waals surface area contributed by atoms with Crippen LogP contribution < -0.4 is 5.32 Å². The van der Waals surface area contributed by atoms with Crippen molar-refractivity contribution in [3.05, 3.63) is 23.9 Å². The Bertz CT molecular complexity index is 509. The van der Waals surface area contributed by atoms with Crippen molar-refractivity contribution in [3.63, 3.8) is 0 Å². The van der Waals surface area contributed by atoms with Gasteiger partial charge in [-0.2, -0.15) is 15.0 Å². The normalized spacial score (nSPS) is 10.3. The average molecular weight is 283 g/mol. The molecular weight excluding hydrogens is 272 g/mol. The molecule has 8 heteroatoms. The summed E-state index contributed by atoms with van der Waals surface area (Å²) in [4.78, 5) is 20.4. The first kappa shape index (κ1) is 13.0. The summed E-state index contributed by atoms with van der Waals surface area (Å²) in [5, 5.41) is 4.43. The topological polar surface area (TPSA) is 76.5 Å². The minimum absolute atomic E-state index is 0.162. The van der Waals surface area contributed by atoms with Crippen LogP contribution in [0, 0.1) is 0 Å². The maximum absolute atomic E-state index is 5.84. The van der Waals surface area contributed by atoms with Gasteiger partial charge < -0.3 is 5.32 Å². The SMILES string of the molecule is CCCNc1nc(Cl)nc(Sc2cnccn2)n1. The van der Waals surface area contributed by atoms with Gasteiger partial charge in [-0.25, -0.2) is 4.98 Å². The van der Waals surface area contributed by atoms with E-state index in [1.54, 1.807) is 18.6 Å². The number of hydrogen-bond acceptors (Lipinski definition) is 7. The smallest absolute Gasteiger partial charge is 0.228 e. The third-order valence-corrected chi connectivity index (χ3v) is 2.81. The van der Waals surface area contributed by atoms with Crippen molar-refractivity contribution in [2.75, 3.05) is 11.9 Å². The molecule has 2 heterocycles. The molecule has 2 rings (SSSR count). The zero-order valence-corrected chi connectivity index (χ0v) is 11.2. The Morgan fingerprint density at radius 3 is 2.89 bits per heavy atom. The highest BCUT2D eigenvalue weighted by Gasteiger charge is 2.07. The van der Waals surface area contributed by atoms with Crippen LogP contribution in [0.25, 0.3) is 0 Å². The highest BCUT2D eigenvalue weighted by Crippen LogP contribution is 2.23. The number of halogens is 1. The Hall–Kier alpha value is -1.47. The predicted molar refractivity (Wildman–Crippen MR) is 69.8 cm³/mol. The summed E-state index contributed by atoms with van der Waals surface area (Å²) in [6.07, 6.45) is 5.84. The Morgan fingerprint density at radius 1 is 1.28 bits per heavy atom. The van der Waals surface area contributed by atoms with Crippen molar-refractivity contribution in [1.29, 1.82) is 0 Å². The second-order valence-corrected chi connectivity index (χ2v) is 4.61. The van der Waals surface area contributed by atoms with E-state index in [1.165, 1.54) is 11.8 Å². The highest BCUT2D eigenvalue weighted by atomic mass is 35.5. The molecule has 0 bridgehead atoms. The molecule has 0 saturated carbocycles. The Morgan fingerprint density at radius 2 is 2.17 bits per heavy atom.